The van der Waals surface area contributed by atoms with Crippen LogP contribution in [-0.4, -0.2) is 68.7 Å². The van der Waals surface area contributed by atoms with E-state index < -0.39 is 9.84 Å². The SMILES string of the molecule is Cc1ccccc1-n1c(=O)c2ccccc2n2c(SCC(=O)N(C)[C@H]3CCS(=O)(=O)C3)nnc12. The van der Waals surface area contributed by atoms with Gasteiger partial charge in [-0.15, -0.1) is 10.2 Å². The summed E-state index contributed by atoms with van der Waals surface area (Å²) in [4.78, 5) is 27.8. The van der Waals surface area contributed by atoms with Gasteiger partial charge in [0.05, 0.1) is 33.8 Å². The number of rotatable bonds is 5. The van der Waals surface area contributed by atoms with Gasteiger partial charge in [0.25, 0.3) is 5.56 Å². The fourth-order valence-electron chi connectivity index (χ4n) is 4.32. The van der Waals surface area contributed by atoms with E-state index in [9.17, 15) is 18.0 Å². The van der Waals surface area contributed by atoms with Crippen LogP contribution in [0.2, 0.25) is 0 Å². The maximum atomic E-state index is 13.4. The highest BCUT2D eigenvalue weighted by molar-refractivity contribution is 7.99. The maximum absolute atomic E-state index is 13.4. The summed E-state index contributed by atoms with van der Waals surface area (Å²) in [6, 6.07) is 14.5. The number of sulfone groups is 1. The average Bonchev–Trinajstić information content (AvgIpc) is 3.41. The molecule has 0 radical (unpaired) electrons. The van der Waals surface area contributed by atoms with Gasteiger partial charge >= 0.3 is 0 Å². The molecule has 0 spiro atoms. The molecule has 1 saturated heterocycles. The van der Waals surface area contributed by atoms with E-state index in [-0.39, 0.29) is 34.8 Å². The topological polar surface area (TPSA) is 107 Å². The Hall–Kier alpha value is -3.18. The summed E-state index contributed by atoms with van der Waals surface area (Å²) < 4.78 is 26.9. The van der Waals surface area contributed by atoms with E-state index in [1.165, 1.54) is 16.7 Å². The van der Waals surface area contributed by atoms with E-state index in [1.54, 1.807) is 22.1 Å². The van der Waals surface area contributed by atoms with Gasteiger partial charge in [0.1, 0.15) is 0 Å². The molecule has 0 saturated carbocycles. The highest BCUT2D eigenvalue weighted by atomic mass is 32.2. The molecule has 9 nitrogen and oxygen atoms in total. The van der Waals surface area contributed by atoms with Crippen LogP contribution in [0.5, 0.6) is 0 Å². The van der Waals surface area contributed by atoms with Gasteiger partial charge in [-0.25, -0.2) is 13.0 Å². The van der Waals surface area contributed by atoms with E-state index in [2.05, 4.69) is 10.2 Å². The number of aromatic nitrogens is 4. The molecule has 4 aromatic rings. The number of thioether (sulfide) groups is 1. The minimum absolute atomic E-state index is 0.00110. The van der Waals surface area contributed by atoms with Gasteiger partial charge < -0.3 is 4.90 Å². The number of hydrogen-bond acceptors (Lipinski definition) is 7. The number of amides is 1. The van der Waals surface area contributed by atoms with Gasteiger partial charge in [0.2, 0.25) is 11.7 Å². The first-order chi connectivity index (χ1) is 16.3. The molecule has 0 bridgehead atoms. The Bertz CT molecular complexity index is 1590. The molecule has 11 heteroatoms. The second kappa shape index (κ2) is 8.55. The molecular formula is C23H23N5O4S2. The fourth-order valence-corrected chi connectivity index (χ4v) is 6.95. The summed E-state index contributed by atoms with van der Waals surface area (Å²) in [6.07, 6.45) is 0.455. The zero-order valence-corrected chi connectivity index (χ0v) is 20.3. The largest absolute Gasteiger partial charge is 0.341 e. The molecule has 3 heterocycles. The first-order valence-corrected chi connectivity index (χ1v) is 13.6. The number of carbonyl (C=O) groups excluding carboxylic acids is 1. The molecule has 0 aliphatic carbocycles. The number of para-hydroxylation sites is 2. The molecule has 1 atom stereocenters. The summed E-state index contributed by atoms with van der Waals surface area (Å²) in [5.41, 5.74) is 2.09. The Morgan fingerprint density at radius 2 is 1.88 bits per heavy atom. The van der Waals surface area contributed by atoms with Crippen LogP contribution in [0.25, 0.3) is 22.4 Å². The van der Waals surface area contributed by atoms with Gasteiger partial charge in [0.15, 0.2) is 15.0 Å². The van der Waals surface area contributed by atoms with Gasteiger partial charge in [-0.2, -0.15) is 0 Å². The van der Waals surface area contributed by atoms with Crippen LogP contribution in [0, 0.1) is 6.92 Å². The van der Waals surface area contributed by atoms with E-state index in [0.29, 0.717) is 33.9 Å². The van der Waals surface area contributed by atoms with Crippen molar-refractivity contribution in [2.45, 2.75) is 24.5 Å². The minimum atomic E-state index is -3.08. The van der Waals surface area contributed by atoms with Crippen molar-refractivity contribution < 1.29 is 13.2 Å². The molecule has 1 aliphatic rings. The second-order valence-electron chi connectivity index (χ2n) is 8.41. The van der Waals surface area contributed by atoms with E-state index in [0.717, 1.165) is 5.56 Å². The Morgan fingerprint density at radius 3 is 2.62 bits per heavy atom. The van der Waals surface area contributed by atoms with Crippen LogP contribution >= 0.6 is 11.8 Å². The third-order valence-corrected chi connectivity index (χ3v) is 8.89. The van der Waals surface area contributed by atoms with E-state index >= 15 is 0 Å². The van der Waals surface area contributed by atoms with Crippen molar-refractivity contribution in [1.82, 2.24) is 24.1 Å². The van der Waals surface area contributed by atoms with Crippen molar-refractivity contribution in [3.63, 3.8) is 0 Å². The van der Waals surface area contributed by atoms with Crippen LogP contribution in [0.1, 0.15) is 12.0 Å². The number of benzene rings is 2. The van der Waals surface area contributed by atoms with Crippen LogP contribution in [0.4, 0.5) is 0 Å². The monoisotopic (exact) mass is 497 g/mol. The molecule has 34 heavy (non-hydrogen) atoms. The Morgan fingerprint density at radius 1 is 1.15 bits per heavy atom. The zero-order valence-electron chi connectivity index (χ0n) is 18.7. The van der Waals surface area contributed by atoms with Crippen LogP contribution in [0.3, 0.4) is 0 Å². The molecule has 1 fully saturated rings. The van der Waals surface area contributed by atoms with Crippen LogP contribution in [-0.2, 0) is 14.6 Å². The van der Waals surface area contributed by atoms with Crippen LogP contribution in [0.15, 0.2) is 58.5 Å². The normalized spacial score (nSPS) is 17.4. The van der Waals surface area contributed by atoms with Crippen molar-refractivity contribution in [1.29, 1.82) is 0 Å². The first kappa shape index (κ1) is 22.6. The van der Waals surface area contributed by atoms with E-state index in [1.807, 2.05) is 49.4 Å². The van der Waals surface area contributed by atoms with Gasteiger partial charge in [-0.1, -0.05) is 42.1 Å². The average molecular weight is 498 g/mol. The maximum Gasteiger partial charge on any atom is 0.267 e. The highest BCUT2D eigenvalue weighted by Gasteiger charge is 2.32. The number of aryl methyl sites for hydroxylation is 1. The lowest BCUT2D eigenvalue weighted by Crippen LogP contribution is -2.38. The van der Waals surface area contributed by atoms with Gasteiger partial charge in [-0.05, 0) is 37.1 Å². The lowest BCUT2D eigenvalue weighted by Gasteiger charge is -2.23. The molecule has 176 valence electrons. The zero-order chi connectivity index (χ0) is 24.0. The summed E-state index contributed by atoms with van der Waals surface area (Å²) in [5, 5.41) is 9.62. The summed E-state index contributed by atoms with van der Waals surface area (Å²) in [6.45, 7) is 1.93. The molecule has 0 unspecified atom stereocenters. The number of hydrogen-bond donors (Lipinski definition) is 0. The number of nitrogens with zero attached hydrogens (tertiary/aromatic N) is 5. The Labute approximate surface area is 200 Å². The fraction of sp³-hybridized carbons (Fsp3) is 0.304. The van der Waals surface area contributed by atoms with Crippen molar-refractivity contribution in [3.8, 4) is 5.69 Å². The van der Waals surface area contributed by atoms with Crippen molar-refractivity contribution in [3.05, 3.63) is 64.4 Å². The molecule has 1 aliphatic heterocycles. The molecule has 1 amide bonds. The smallest absolute Gasteiger partial charge is 0.267 e. The predicted octanol–water partition coefficient (Wildman–Crippen LogP) is 2.08. The lowest BCUT2D eigenvalue weighted by molar-refractivity contribution is -0.128. The Kier molecular flexibility index (Phi) is 5.68. The summed E-state index contributed by atoms with van der Waals surface area (Å²) in [7, 11) is -1.44. The van der Waals surface area contributed by atoms with E-state index in [4.69, 9.17) is 0 Å². The molecule has 2 aromatic carbocycles. The molecular weight excluding hydrogens is 474 g/mol. The molecule has 2 aromatic heterocycles. The number of carbonyl (C=O) groups is 1. The van der Waals surface area contributed by atoms with Crippen molar-refractivity contribution in [2.24, 2.45) is 0 Å². The molecule has 5 rings (SSSR count). The van der Waals surface area contributed by atoms with Crippen LogP contribution < -0.4 is 5.56 Å². The number of fused-ring (bicyclic) bond motifs is 3. The first-order valence-electron chi connectivity index (χ1n) is 10.8. The quantitative estimate of drug-likeness (QED) is 0.389. The minimum Gasteiger partial charge on any atom is -0.341 e. The summed E-state index contributed by atoms with van der Waals surface area (Å²) in [5.74, 6) is 0.371. The molecule has 0 N–H and O–H groups in total. The van der Waals surface area contributed by atoms with Crippen molar-refractivity contribution in [2.75, 3.05) is 24.3 Å². The summed E-state index contributed by atoms with van der Waals surface area (Å²) >= 11 is 1.21. The van der Waals surface area contributed by atoms with Gasteiger partial charge in [-0.3, -0.25) is 14.0 Å². The van der Waals surface area contributed by atoms with Gasteiger partial charge in [0, 0.05) is 13.1 Å². The lowest BCUT2D eigenvalue weighted by atomic mass is 10.2. The predicted molar refractivity (Wildman–Crippen MR) is 131 cm³/mol. The Balaban J connectivity index is 1.54. The van der Waals surface area contributed by atoms with Crippen molar-refractivity contribution >= 4 is 44.2 Å². The third kappa shape index (κ3) is 3.88. The highest BCUT2D eigenvalue weighted by Crippen LogP contribution is 2.25. The third-order valence-electron chi connectivity index (χ3n) is 6.23. The standard InChI is InChI=1S/C23H23N5O4S2/c1-15-7-3-5-9-18(15)27-21(30)17-8-4-6-10-19(17)28-22(27)24-25-23(28)33-13-20(29)26(2)16-11-12-34(31,32)14-16/h3-10,16H,11-14H2,1-2H3/t16-/m0/s1. The second-order valence-corrected chi connectivity index (χ2v) is 11.6.